The zero-order chi connectivity index (χ0) is 24.8. The van der Waals surface area contributed by atoms with E-state index in [1.165, 1.54) is 34.2 Å². The summed E-state index contributed by atoms with van der Waals surface area (Å²) in [4.78, 5) is 27.2. The number of thioether (sulfide) groups is 2. The molecule has 35 heavy (non-hydrogen) atoms. The van der Waals surface area contributed by atoms with Crippen molar-refractivity contribution in [1.82, 2.24) is 15.1 Å². The molecule has 180 valence electrons. The fourth-order valence-corrected chi connectivity index (χ4v) is 6.39. The van der Waals surface area contributed by atoms with Crippen molar-refractivity contribution in [2.75, 3.05) is 11.9 Å². The van der Waals surface area contributed by atoms with Crippen molar-refractivity contribution in [3.05, 3.63) is 75.1 Å². The van der Waals surface area contributed by atoms with Gasteiger partial charge in [-0.1, -0.05) is 101 Å². The van der Waals surface area contributed by atoms with E-state index < -0.39 is 0 Å². The lowest BCUT2D eigenvalue weighted by atomic mass is 10.2. The summed E-state index contributed by atoms with van der Waals surface area (Å²) < 4.78 is 1.29. The summed E-state index contributed by atoms with van der Waals surface area (Å²) >= 11 is 15.5. The molecule has 0 atom stereocenters. The molecule has 1 fully saturated rings. The van der Waals surface area contributed by atoms with Crippen LogP contribution in [0.3, 0.4) is 0 Å². The summed E-state index contributed by atoms with van der Waals surface area (Å²) in [7, 11) is 0. The van der Waals surface area contributed by atoms with E-state index in [-0.39, 0.29) is 18.2 Å². The molecule has 1 N–H and O–H groups in total. The van der Waals surface area contributed by atoms with Gasteiger partial charge in [-0.2, -0.15) is 0 Å². The first kappa shape index (κ1) is 25.8. The van der Waals surface area contributed by atoms with E-state index in [4.69, 9.17) is 23.8 Å². The third-order valence-electron chi connectivity index (χ3n) is 4.92. The summed E-state index contributed by atoms with van der Waals surface area (Å²) in [6, 6.07) is 15.6. The van der Waals surface area contributed by atoms with Crippen molar-refractivity contribution in [1.29, 1.82) is 0 Å². The van der Waals surface area contributed by atoms with Gasteiger partial charge in [-0.15, -0.1) is 10.2 Å². The molecule has 0 bridgehead atoms. The molecule has 11 heteroatoms. The fraction of sp³-hybridized carbons (Fsp3) is 0.208. The second kappa shape index (κ2) is 12.1. The minimum Gasteiger partial charge on any atom is -0.301 e. The molecular formula is C24H21ClN4O2S4. The third-order valence-corrected chi connectivity index (χ3v) is 8.60. The summed E-state index contributed by atoms with van der Waals surface area (Å²) in [5, 5.41) is 12.1. The van der Waals surface area contributed by atoms with E-state index in [0.717, 1.165) is 15.7 Å². The predicted octanol–water partition coefficient (Wildman–Crippen LogP) is 6.41. The molecule has 0 unspecified atom stereocenters. The number of aryl methyl sites for hydroxylation is 1. The van der Waals surface area contributed by atoms with Gasteiger partial charge in [0.25, 0.3) is 5.91 Å². The van der Waals surface area contributed by atoms with Crippen LogP contribution >= 0.6 is 58.7 Å². The number of carbonyl (C=O) groups excluding carboxylic acids is 2. The van der Waals surface area contributed by atoms with Gasteiger partial charge in [0.15, 0.2) is 4.34 Å². The molecule has 1 saturated heterocycles. The smallest absolute Gasteiger partial charge is 0.266 e. The molecular weight excluding hydrogens is 540 g/mol. The van der Waals surface area contributed by atoms with Crippen LogP contribution in [-0.2, 0) is 15.3 Å². The number of hydrogen-bond acceptors (Lipinski definition) is 8. The Balaban J connectivity index is 1.22. The number of benzene rings is 2. The molecule has 6 nitrogen and oxygen atoms in total. The van der Waals surface area contributed by atoms with Gasteiger partial charge < -0.3 is 5.32 Å². The average molecular weight is 561 g/mol. The Hall–Kier alpha value is -2.24. The van der Waals surface area contributed by atoms with Crippen LogP contribution in [0.4, 0.5) is 5.13 Å². The maximum atomic E-state index is 12.7. The van der Waals surface area contributed by atoms with Crippen molar-refractivity contribution >= 4 is 86.0 Å². The van der Waals surface area contributed by atoms with Gasteiger partial charge in [-0.25, -0.2) is 0 Å². The Kier molecular flexibility index (Phi) is 8.96. The van der Waals surface area contributed by atoms with Crippen LogP contribution in [0.5, 0.6) is 0 Å². The van der Waals surface area contributed by atoms with Crippen molar-refractivity contribution in [3.8, 4) is 0 Å². The number of halogens is 1. The maximum absolute atomic E-state index is 12.7. The Morgan fingerprint density at radius 2 is 2.03 bits per heavy atom. The first-order chi connectivity index (χ1) is 16.9. The van der Waals surface area contributed by atoms with E-state index in [9.17, 15) is 9.59 Å². The molecule has 0 aliphatic carbocycles. The van der Waals surface area contributed by atoms with E-state index in [1.54, 1.807) is 34.9 Å². The van der Waals surface area contributed by atoms with Gasteiger partial charge in [0.05, 0.1) is 4.91 Å². The van der Waals surface area contributed by atoms with Crippen LogP contribution in [0.1, 0.15) is 29.5 Å². The number of carbonyl (C=O) groups is 2. The van der Waals surface area contributed by atoms with Crippen molar-refractivity contribution in [2.45, 2.75) is 29.9 Å². The van der Waals surface area contributed by atoms with Crippen LogP contribution in [0.15, 0.2) is 57.8 Å². The van der Waals surface area contributed by atoms with E-state index >= 15 is 0 Å². The van der Waals surface area contributed by atoms with E-state index in [1.807, 2.05) is 18.2 Å². The highest BCUT2D eigenvalue weighted by Gasteiger charge is 2.31. The standard InChI is InChI=1S/C24H21ClN4O2S4/c1-15-4-2-5-17(12-15)14-33-23-28-27-22(35-23)26-20(30)6-3-11-29-21(31)19(34-24(29)32)13-16-7-9-18(25)10-8-16/h2,4-5,7-10,12-13H,3,6,11,14H2,1H3,(H,26,27,30)/b19-13-. The second-order valence-corrected chi connectivity index (χ2v) is 12.0. The lowest BCUT2D eigenvalue weighted by molar-refractivity contribution is -0.122. The van der Waals surface area contributed by atoms with Gasteiger partial charge in [0.1, 0.15) is 4.32 Å². The molecule has 1 aliphatic rings. The number of nitrogens with one attached hydrogen (secondary N) is 1. The highest BCUT2D eigenvalue weighted by atomic mass is 35.5. The molecule has 0 radical (unpaired) electrons. The van der Waals surface area contributed by atoms with Gasteiger partial charge in [0, 0.05) is 23.7 Å². The Bertz CT molecular complexity index is 1280. The van der Waals surface area contributed by atoms with Crippen molar-refractivity contribution < 1.29 is 9.59 Å². The van der Waals surface area contributed by atoms with Crippen LogP contribution in [0.2, 0.25) is 5.02 Å². The van der Waals surface area contributed by atoms with Crippen LogP contribution in [-0.4, -0.2) is 37.8 Å². The molecule has 0 spiro atoms. The third kappa shape index (κ3) is 7.37. The monoisotopic (exact) mass is 560 g/mol. The van der Waals surface area contributed by atoms with Gasteiger partial charge in [-0.05, 0) is 42.7 Å². The van der Waals surface area contributed by atoms with Gasteiger partial charge in [-0.3, -0.25) is 14.5 Å². The number of thiocarbonyl (C=S) groups is 1. The molecule has 1 aromatic heterocycles. The Labute approximate surface area is 226 Å². The molecule has 2 heterocycles. The number of rotatable bonds is 9. The van der Waals surface area contributed by atoms with Crippen LogP contribution < -0.4 is 5.32 Å². The number of nitrogens with zero attached hydrogens (tertiary/aromatic N) is 3. The minimum absolute atomic E-state index is 0.144. The average Bonchev–Trinajstić information content (AvgIpc) is 3.38. The first-order valence-electron chi connectivity index (χ1n) is 10.7. The molecule has 2 amide bonds. The van der Waals surface area contributed by atoms with Crippen molar-refractivity contribution in [2.24, 2.45) is 0 Å². The second-order valence-electron chi connectivity index (χ2n) is 7.69. The van der Waals surface area contributed by atoms with Crippen LogP contribution in [0, 0.1) is 6.92 Å². The highest BCUT2D eigenvalue weighted by Crippen LogP contribution is 2.33. The number of hydrogen-bond donors (Lipinski definition) is 1. The summed E-state index contributed by atoms with van der Waals surface area (Å²) in [6.45, 7) is 2.44. The molecule has 1 aliphatic heterocycles. The number of aromatic nitrogens is 2. The first-order valence-corrected chi connectivity index (χ1v) is 14.1. The van der Waals surface area contributed by atoms with Crippen molar-refractivity contribution in [3.63, 3.8) is 0 Å². The highest BCUT2D eigenvalue weighted by molar-refractivity contribution is 8.26. The lowest BCUT2D eigenvalue weighted by Crippen LogP contribution is -2.29. The molecule has 4 rings (SSSR count). The largest absolute Gasteiger partial charge is 0.301 e. The Morgan fingerprint density at radius 3 is 2.80 bits per heavy atom. The van der Waals surface area contributed by atoms with Crippen LogP contribution in [0.25, 0.3) is 6.08 Å². The van der Waals surface area contributed by atoms with Gasteiger partial charge in [0.2, 0.25) is 11.0 Å². The van der Waals surface area contributed by atoms with E-state index in [2.05, 4.69) is 40.6 Å². The molecule has 2 aromatic carbocycles. The fourth-order valence-electron chi connectivity index (χ4n) is 3.25. The molecule has 0 saturated carbocycles. The summed E-state index contributed by atoms with van der Waals surface area (Å²) in [6.07, 6.45) is 2.53. The lowest BCUT2D eigenvalue weighted by Gasteiger charge is -2.13. The summed E-state index contributed by atoms with van der Waals surface area (Å²) in [5.74, 6) is 0.480. The summed E-state index contributed by atoms with van der Waals surface area (Å²) in [5.41, 5.74) is 3.31. The Morgan fingerprint density at radius 1 is 1.23 bits per heavy atom. The minimum atomic E-state index is -0.168. The topological polar surface area (TPSA) is 75.2 Å². The zero-order valence-corrected chi connectivity index (χ0v) is 22.7. The normalized spacial score (nSPS) is 14.7. The van der Waals surface area contributed by atoms with E-state index in [0.29, 0.717) is 32.3 Å². The maximum Gasteiger partial charge on any atom is 0.266 e. The zero-order valence-electron chi connectivity index (χ0n) is 18.7. The quantitative estimate of drug-likeness (QED) is 0.140. The number of amides is 2. The number of anilines is 1. The van der Waals surface area contributed by atoms with Gasteiger partial charge >= 0.3 is 0 Å². The predicted molar refractivity (Wildman–Crippen MR) is 150 cm³/mol. The molecule has 3 aromatic rings. The SMILES string of the molecule is Cc1cccc(CSc2nnc(NC(=O)CCCN3C(=O)/C(=C/c4ccc(Cl)cc4)SC3=S)s2)c1.